The van der Waals surface area contributed by atoms with Gasteiger partial charge in [-0.1, -0.05) is 19.8 Å². The molecule has 2 atom stereocenters. The van der Waals surface area contributed by atoms with Crippen LogP contribution in [0.4, 0.5) is 0 Å². The molecule has 0 amide bonds. The average molecular weight is 200 g/mol. The van der Waals surface area contributed by atoms with Crippen molar-refractivity contribution in [1.82, 2.24) is 0 Å². The van der Waals surface area contributed by atoms with Crippen LogP contribution in [0.15, 0.2) is 0 Å². The smallest absolute Gasteiger partial charge is 0.158 e. The topological polar surface area (TPSA) is 35.5 Å². The Balaban J connectivity index is 2.20. The Hall–Kier alpha value is -0.410. The molecule has 0 N–H and O–H groups in total. The minimum absolute atomic E-state index is 0.143. The van der Waals surface area contributed by atoms with Gasteiger partial charge in [0, 0.05) is 6.61 Å². The Morgan fingerprint density at radius 1 is 1.57 bits per heavy atom. The summed E-state index contributed by atoms with van der Waals surface area (Å²) in [5, 5.41) is 0. The van der Waals surface area contributed by atoms with E-state index in [1.807, 2.05) is 0 Å². The van der Waals surface area contributed by atoms with Gasteiger partial charge in [-0.3, -0.25) is 0 Å². The minimum atomic E-state index is -0.266. The van der Waals surface area contributed by atoms with E-state index in [-0.39, 0.29) is 12.4 Å². The number of hydrogen-bond acceptors (Lipinski definition) is 3. The highest BCUT2D eigenvalue weighted by Crippen LogP contribution is 2.16. The Kier molecular flexibility index (Phi) is 5.80. The van der Waals surface area contributed by atoms with Gasteiger partial charge in [0.05, 0.1) is 0 Å². The van der Waals surface area contributed by atoms with Crippen molar-refractivity contribution in [3.63, 3.8) is 0 Å². The predicted octanol–water partition coefficient (Wildman–Crippen LogP) is 2.29. The molecule has 0 saturated carbocycles. The third-order valence-electron chi connectivity index (χ3n) is 2.46. The van der Waals surface area contributed by atoms with E-state index < -0.39 is 0 Å². The van der Waals surface area contributed by atoms with Gasteiger partial charge in [0.25, 0.3) is 0 Å². The normalized spacial score (nSPS) is 24.5. The fraction of sp³-hybridized carbons (Fsp3) is 0.909. The van der Waals surface area contributed by atoms with E-state index >= 15 is 0 Å². The van der Waals surface area contributed by atoms with E-state index in [0.29, 0.717) is 0 Å². The number of carbonyl (C=O) groups excluding carboxylic acids is 1. The molecule has 0 aromatic heterocycles. The van der Waals surface area contributed by atoms with Gasteiger partial charge in [0.15, 0.2) is 6.29 Å². The number of rotatable bonds is 6. The van der Waals surface area contributed by atoms with Crippen molar-refractivity contribution in [3.8, 4) is 0 Å². The van der Waals surface area contributed by atoms with Crippen LogP contribution in [-0.4, -0.2) is 25.3 Å². The van der Waals surface area contributed by atoms with Crippen molar-refractivity contribution >= 4 is 6.29 Å². The molecule has 3 nitrogen and oxygen atoms in total. The molecule has 1 saturated heterocycles. The van der Waals surface area contributed by atoms with Crippen molar-refractivity contribution in [2.75, 3.05) is 6.61 Å². The number of ether oxygens (including phenoxy) is 2. The third kappa shape index (κ3) is 4.20. The molecular formula is C11H20O3. The van der Waals surface area contributed by atoms with E-state index in [0.717, 1.165) is 51.4 Å². The highest BCUT2D eigenvalue weighted by molar-refractivity contribution is 5.55. The van der Waals surface area contributed by atoms with Crippen molar-refractivity contribution in [3.05, 3.63) is 0 Å². The van der Waals surface area contributed by atoms with Gasteiger partial charge in [-0.25, -0.2) is 0 Å². The Bertz CT molecular complexity index is 153. The number of unbranched alkanes of at least 4 members (excludes halogenated alkanes) is 1. The summed E-state index contributed by atoms with van der Waals surface area (Å²) in [5.41, 5.74) is 0. The predicted molar refractivity (Wildman–Crippen MR) is 54.1 cm³/mol. The lowest BCUT2D eigenvalue weighted by Gasteiger charge is -2.25. The summed E-state index contributed by atoms with van der Waals surface area (Å²) in [6.45, 7) is 2.88. The van der Waals surface area contributed by atoms with Gasteiger partial charge in [0.2, 0.25) is 0 Å². The maximum absolute atomic E-state index is 10.7. The van der Waals surface area contributed by atoms with Crippen molar-refractivity contribution in [2.24, 2.45) is 0 Å². The van der Waals surface area contributed by atoms with Gasteiger partial charge in [-0.15, -0.1) is 0 Å². The molecule has 1 aliphatic heterocycles. The summed E-state index contributed by atoms with van der Waals surface area (Å²) < 4.78 is 11.0. The van der Waals surface area contributed by atoms with Crippen molar-refractivity contribution in [1.29, 1.82) is 0 Å². The quantitative estimate of drug-likeness (QED) is 0.617. The molecule has 82 valence electrons. The zero-order chi connectivity index (χ0) is 10.2. The zero-order valence-electron chi connectivity index (χ0n) is 8.91. The minimum Gasteiger partial charge on any atom is -0.353 e. The molecular weight excluding hydrogens is 180 g/mol. The van der Waals surface area contributed by atoms with Crippen LogP contribution >= 0.6 is 0 Å². The molecule has 1 rings (SSSR count). The van der Waals surface area contributed by atoms with Gasteiger partial charge >= 0.3 is 0 Å². The van der Waals surface area contributed by atoms with Gasteiger partial charge in [-0.05, 0) is 25.7 Å². The Morgan fingerprint density at radius 3 is 3.00 bits per heavy atom. The first-order valence-electron chi connectivity index (χ1n) is 5.59. The lowest BCUT2D eigenvalue weighted by Crippen LogP contribution is -2.28. The molecule has 0 spiro atoms. The first-order valence-corrected chi connectivity index (χ1v) is 5.59. The molecule has 0 bridgehead atoms. The number of carbonyl (C=O) groups is 1. The van der Waals surface area contributed by atoms with Gasteiger partial charge in [-0.2, -0.15) is 0 Å². The fourth-order valence-corrected chi connectivity index (χ4v) is 1.59. The molecule has 1 fully saturated rings. The van der Waals surface area contributed by atoms with Crippen LogP contribution in [0.25, 0.3) is 0 Å². The standard InChI is InChI=1S/C11H20O3/c1-2-3-6-10(9-12)14-11-7-4-5-8-13-11/h9-11H,2-8H2,1H3/t10?,11-/m0/s1. The monoisotopic (exact) mass is 200 g/mol. The van der Waals surface area contributed by atoms with Crippen LogP contribution < -0.4 is 0 Å². The SMILES string of the molecule is CCCCC(C=O)O[C@H]1CCCCO1. The van der Waals surface area contributed by atoms with Crippen LogP contribution in [0.1, 0.15) is 45.4 Å². The molecule has 3 heteroatoms. The molecule has 0 aliphatic carbocycles. The molecule has 1 heterocycles. The van der Waals surface area contributed by atoms with E-state index in [2.05, 4.69) is 6.92 Å². The van der Waals surface area contributed by atoms with Crippen LogP contribution in [0.5, 0.6) is 0 Å². The summed E-state index contributed by atoms with van der Waals surface area (Å²) >= 11 is 0. The first kappa shape index (κ1) is 11.7. The summed E-state index contributed by atoms with van der Waals surface area (Å²) in [5.74, 6) is 0. The maximum atomic E-state index is 10.7. The van der Waals surface area contributed by atoms with Crippen molar-refractivity contribution in [2.45, 2.75) is 57.8 Å². The lowest BCUT2D eigenvalue weighted by molar-refractivity contribution is -0.187. The van der Waals surface area contributed by atoms with Crippen LogP contribution in [-0.2, 0) is 14.3 Å². The van der Waals surface area contributed by atoms with E-state index in [1.165, 1.54) is 0 Å². The average Bonchev–Trinajstić information content (AvgIpc) is 2.25. The second-order valence-electron chi connectivity index (χ2n) is 3.75. The zero-order valence-corrected chi connectivity index (χ0v) is 8.91. The van der Waals surface area contributed by atoms with Gasteiger partial charge < -0.3 is 14.3 Å². The van der Waals surface area contributed by atoms with Crippen LogP contribution in [0, 0.1) is 0 Å². The summed E-state index contributed by atoms with van der Waals surface area (Å²) in [7, 11) is 0. The highest BCUT2D eigenvalue weighted by Gasteiger charge is 2.18. The summed E-state index contributed by atoms with van der Waals surface area (Å²) in [6.07, 6.45) is 6.62. The number of aldehydes is 1. The van der Waals surface area contributed by atoms with E-state index in [9.17, 15) is 4.79 Å². The third-order valence-corrected chi connectivity index (χ3v) is 2.46. The second-order valence-corrected chi connectivity index (χ2v) is 3.75. The molecule has 0 aromatic rings. The first-order chi connectivity index (χ1) is 6.86. The van der Waals surface area contributed by atoms with E-state index in [1.54, 1.807) is 0 Å². The Labute approximate surface area is 85.8 Å². The largest absolute Gasteiger partial charge is 0.353 e. The molecule has 0 radical (unpaired) electrons. The number of hydrogen-bond donors (Lipinski definition) is 0. The lowest BCUT2D eigenvalue weighted by atomic mass is 10.1. The second kappa shape index (κ2) is 6.96. The van der Waals surface area contributed by atoms with Gasteiger partial charge in [0.1, 0.15) is 12.4 Å². The van der Waals surface area contributed by atoms with Crippen LogP contribution in [0.3, 0.4) is 0 Å². The molecule has 14 heavy (non-hydrogen) atoms. The molecule has 1 unspecified atom stereocenters. The molecule has 0 aromatic carbocycles. The molecule has 1 aliphatic rings. The maximum Gasteiger partial charge on any atom is 0.158 e. The van der Waals surface area contributed by atoms with Crippen LogP contribution in [0.2, 0.25) is 0 Å². The van der Waals surface area contributed by atoms with Crippen molar-refractivity contribution < 1.29 is 14.3 Å². The van der Waals surface area contributed by atoms with E-state index in [4.69, 9.17) is 9.47 Å². The fourth-order valence-electron chi connectivity index (χ4n) is 1.59. The highest BCUT2D eigenvalue weighted by atomic mass is 16.7. The Morgan fingerprint density at radius 2 is 2.43 bits per heavy atom. The summed E-state index contributed by atoms with van der Waals surface area (Å²) in [6, 6.07) is 0. The summed E-state index contributed by atoms with van der Waals surface area (Å²) in [4.78, 5) is 10.7.